The number of alkyl halides is 3. The lowest BCUT2D eigenvalue weighted by molar-refractivity contribution is -0.153. The van der Waals surface area contributed by atoms with Gasteiger partial charge in [-0.1, -0.05) is 13.8 Å². The van der Waals surface area contributed by atoms with E-state index in [2.05, 4.69) is 9.46 Å². The van der Waals surface area contributed by atoms with Crippen LogP contribution in [-0.4, -0.2) is 38.8 Å². The highest BCUT2D eigenvalue weighted by Crippen LogP contribution is 2.20. The molecule has 0 aromatic heterocycles. The third kappa shape index (κ3) is 7.74. The number of nitrogens with one attached hydrogen (secondary N) is 1. The molecule has 1 atom stereocenters. The van der Waals surface area contributed by atoms with Gasteiger partial charge in [-0.05, 0) is 36.6 Å². The summed E-state index contributed by atoms with van der Waals surface area (Å²) in [5, 5.41) is 9.11. The van der Waals surface area contributed by atoms with Crippen molar-refractivity contribution in [1.82, 2.24) is 4.72 Å². The van der Waals surface area contributed by atoms with Crippen LogP contribution in [0, 0.1) is 11.8 Å². The van der Waals surface area contributed by atoms with E-state index in [0.29, 0.717) is 6.42 Å². The van der Waals surface area contributed by atoms with Gasteiger partial charge in [0.25, 0.3) is 0 Å². The number of aliphatic carboxylic acids is 1. The van der Waals surface area contributed by atoms with Crippen LogP contribution in [0.25, 0.3) is 0 Å². The molecule has 0 aliphatic heterocycles. The maximum absolute atomic E-state index is 12.1. The molecule has 0 aliphatic rings. The molecular weight excluding hydrogens is 363 g/mol. The number of hydrogen-bond acceptors (Lipinski definition) is 4. The van der Waals surface area contributed by atoms with Gasteiger partial charge < -0.3 is 9.84 Å². The fourth-order valence-electron chi connectivity index (χ4n) is 2.01. The molecule has 0 heterocycles. The molecule has 0 bridgehead atoms. The number of carboxylic acids is 1. The number of ether oxygens (including phenoxy) is 1. The minimum absolute atomic E-state index is 0.0793. The Balaban J connectivity index is 2.73. The molecule has 0 spiro atoms. The van der Waals surface area contributed by atoms with E-state index in [4.69, 9.17) is 5.11 Å². The predicted octanol–water partition coefficient (Wildman–Crippen LogP) is 2.65. The second-order valence-corrected chi connectivity index (χ2v) is 7.66. The van der Waals surface area contributed by atoms with Crippen molar-refractivity contribution in [3.63, 3.8) is 0 Å². The molecule has 0 aliphatic carbocycles. The standard InChI is InChI=1S/C15H20F3NO5S/c1-10(2)7-11(14(20)21)8-19-25(22,23)13-5-3-12(4-6-13)24-9-15(16,17)18/h3-6,10-11,19H,7-9H2,1-2H3,(H,20,21). The highest BCUT2D eigenvalue weighted by molar-refractivity contribution is 7.89. The highest BCUT2D eigenvalue weighted by atomic mass is 32.2. The topological polar surface area (TPSA) is 92.7 Å². The van der Waals surface area contributed by atoms with Gasteiger partial charge in [0.05, 0.1) is 10.8 Å². The largest absolute Gasteiger partial charge is 0.484 e. The van der Waals surface area contributed by atoms with Crippen molar-refractivity contribution in [2.45, 2.75) is 31.3 Å². The number of carboxylic acid groups (broad SMARTS) is 1. The van der Waals surface area contributed by atoms with Crippen LogP contribution in [0.1, 0.15) is 20.3 Å². The van der Waals surface area contributed by atoms with Crippen molar-refractivity contribution in [2.24, 2.45) is 11.8 Å². The molecule has 2 N–H and O–H groups in total. The Hall–Kier alpha value is -1.81. The number of rotatable bonds is 9. The smallest absolute Gasteiger partial charge is 0.422 e. The molecule has 1 rings (SSSR count). The van der Waals surface area contributed by atoms with Crippen molar-refractivity contribution < 1.29 is 36.2 Å². The molecule has 0 saturated heterocycles. The molecule has 1 aromatic rings. The van der Waals surface area contributed by atoms with Gasteiger partial charge in [-0.25, -0.2) is 13.1 Å². The van der Waals surface area contributed by atoms with E-state index in [0.717, 1.165) is 24.3 Å². The second kappa shape index (κ2) is 8.52. The average molecular weight is 383 g/mol. The Kier molecular flexibility index (Phi) is 7.24. The first kappa shape index (κ1) is 21.2. The molecule has 0 radical (unpaired) electrons. The lowest BCUT2D eigenvalue weighted by atomic mass is 9.98. The first-order chi connectivity index (χ1) is 11.4. The Morgan fingerprint density at radius 1 is 1.24 bits per heavy atom. The van der Waals surface area contributed by atoms with E-state index in [1.165, 1.54) is 0 Å². The Labute approximate surface area is 144 Å². The Morgan fingerprint density at radius 2 is 1.80 bits per heavy atom. The molecule has 1 unspecified atom stereocenters. The van der Waals surface area contributed by atoms with Crippen LogP contribution in [0.5, 0.6) is 5.75 Å². The predicted molar refractivity (Wildman–Crippen MR) is 83.8 cm³/mol. The first-order valence-corrected chi connectivity index (χ1v) is 8.91. The molecular formula is C15H20F3NO5S. The van der Waals surface area contributed by atoms with Crippen molar-refractivity contribution in [3.8, 4) is 5.75 Å². The number of carbonyl (C=O) groups is 1. The van der Waals surface area contributed by atoms with Gasteiger partial charge in [0.2, 0.25) is 10.0 Å². The average Bonchev–Trinajstić information content (AvgIpc) is 2.48. The molecule has 10 heteroatoms. The van der Waals surface area contributed by atoms with Crippen LogP contribution in [0.4, 0.5) is 13.2 Å². The Bertz CT molecular complexity index is 671. The summed E-state index contributed by atoms with van der Waals surface area (Å²) < 4.78 is 67.2. The monoisotopic (exact) mass is 383 g/mol. The van der Waals surface area contributed by atoms with Crippen LogP contribution in [0.15, 0.2) is 29.2 Å². The molecule has 0 amide bonds. The van der Waals surface area contributed by atoms with Gasteiger partial charge >= 0.3 is 12.1 Å². The fraction of sp³-hybridized carbons (Fsp3) is 0.533. The summed E-state index contributed by atoms with van der Waals surface area (Å²) in [4.78, 5) is 10.9. The third-order valence-electron chi connectivity index (χ3n) is 3.16. The normalized spacial score (nSPS) is 13.7. The van der Waals surface area contributed by atoms with Crippen molar-refractivity contribution in [1.29, 1.82) is 0 Å². The molecule has 0 fully saturated rings. The van der Waals surface area contributed by atoms with Gasteiger partial charge in [0.15, 0.2) is 6.61 Å². The number of hydrogen-bond donors (Lipinski definition) is 2. The zero-order valence-corrected chi connectivity index (χ0v) is 14.5. The number of benzene rings is 1. The molecule has 0 saturated carbocycles. The van der Waals surface area contributed by atoms with Crippen LogP contribution < -0.4 is 9.46 Å². The fourth-order valence-corrected chi connectivity index (χ4v) is 3.10. The van der Waals surface area contributed by atoms with E-state index < -0.39 is 34.7 Å². The maximum atomic E-state index is 12.1. The Morgan fingerprint density at radius 3 is 2.24 bits per heavy atom. The number of sulfonamides is 1. The summed E-state index contributed by atoms with van der Waals surface area (Å²) in [6.45, 7) is 1.89. The summed E-state index contributed by atoms with van der Waals surface area (Å²) in [5.41, 5.74) is 0. The zero-order chi connectivity index (χ0) is 19.3. The van der Waals surface area contributed by atoms with Gasteiger partial charge in [0, 0.05) is 6.54 Å². The van der Waals surface area contributed by atoms with Crippen molar-refractivity contribution in [3.05, 3.63) is 24.3 Å². The molecule has 142 valence electrons. The summed E-state index contributed by atoms with van der Waals surface area (Å²) in [5.74, 6) is -2.02. The van der Waals surface area contributed by atoms with Crippen LogP contribution >= 0.6 is 0 Å². The van der Waals surface area contributed by atoms with Crippen LogP contribution in [0.3, 0.4) is 0 Å². The maximum Gasteiger partial charge on any atom is 0.422 e. The summed E-state index contributed by atoms with van der Waals surface area (Å²) >= 11 is 0. The molecule has 1 aromatic carbocycles. The highest BCUT2D eigenvalue weighted by Gasteiger charge is 2.28. The van der Waals surface area contributed by atoms with E-state index >= 15 is 0 Å². The molecule has 6 nitrogen and oxygen atoms in total. The SMILES string of the molecule is CC(C)CC(CNS(=O)(=O)c1ccc(OCC(F)(F)F)cc1)C(=O)O. The van der Waals surface area contributed by atoms with Gasteiger partial charge in [-0.3, -0.25) is 4.79 Å². The first-order valence-electron chi connectivity index (χ1n) is 7.43. The van der Waals surface area contributed by atoms with E-state index in [1.807, 2.05) is 13.8 Å². The summed E-state index contributed by atoms with van der Waals surface area (Å²) in [6.07, 6.45) is -4.18. The van der Waals surface area contributed by atoms with E-state index in [1.54, 1.807) is 0 Å². The summed E-state index contributed by atoms with van der Waals surface area (Å²) in [6, 6.07) is 4.38. The minimum atomic E-state index is -4.49. The van der Waals surface area contributed by atoms with Crippen LogP contribution in [0.2, 0.25) is 0 Å². The third-order valence-corrected chi connectivity index (χ3v) is 4.60. The van der Waals surface area contributed by atoms with Gasteiger partial charge in [0.1, 0.15) is 5.75 Å². The zero-order valence-electron chi connectivity index (χ0n) is 13.7. The number of halogens is 3. The lowest BCUT2D eigenvalue weighted by Gasteiger charge is -2.15. The quantitative estimate of drug-likeness (QED) is 0.684. The van der Waals surface area contributed by atoms with Crippen LogP contribution in [-0.2, 0) is 14.8 Å². The minimum Gasteiger partial charge on any atom is -0.484 e. The second-order valence-electron chi connectivity index (χ2n) is 5.89. The van der Waals surface area contributed by atoms with E-state index in [9.17, 15) is 26.4 Å². The van der Waals surface area contributed by atoms with Crippen molar-refractivity contribution in [2.75, 3.05) is 13.2 Å². The summed E-state index contributed by atoms with van der Waals surface area (Å²) in [7, 11) is -3.98. The van der Waals surface area contributed by atoms with Gasteiger partial charge in [-0.15, -0.1) is 0 Å². The lowest BCUT2D eigenvalue weighted by Crippen LogP contribution is -2.33. The van der Waals surface area contributed by atoms with Gasteiger partial charge in [-0.2, -0.15) is 13.2 Å². The van der Waals surface area contributed by atoms with Crippen molar-refractivity contribution >= 4 is 16.0 Å². The molecule has 25 heavy (non-hydrogen) atoms. The van der Waals surface area contributed by atoms with E-state index in [-0.39, 0.29) is 23.1 Å².